The van der Waals surface area contributed by atoms with E-state index in [1.807, 2.05) is 56.3 Å². The highest BCUT2D eigenvalue weighted by atomic mass is 16.1. The molecule has 1 saturated heterocycles. The fraction of sp³-hybridized carbons (Fsp3) is 0.450. The number of hydrogen-bond donors (Lipinski definition) is 2. The zero-order valence-electron chi connectivity index (χ0n) is 16.3. The van der Waals surface area contributed by atoms with E-state index in [2.05, 4.69) is 25.5 Å². The van der Waals surface area contributed by atoms with Gasteiger partial charge in [-0.2, -0.15) is 0 Å². The van der Waals surface area contributed by atoms with E-state index in [1.165, 1.54) is 12.8 Å². The lowest BCUT2D eigenvalue weighted by atomic mass is 10.2. The van der Waals surface area contributed by atoms with Gasteiger partial charge in [0.1, 0.15) is 17.5 Å². The molecule has 0 spiro atoms. The molecule has 2 aromatic rings. The zero-order chi connectivity index (χ0) is 19.2. The number of anilines is 3. The van der Waals surface area contributed by atoms with Crippen LogP contribution in [0.3, 0.4) is 0 Å². The standard InChI is InChI=1S/C20H28N6O/c1-15-23-18(14-19(24-15)26-11-4-5-12-26)21-9-10-22-20(27)16-7-6-8-17(13-16)25(2)3/h6-8,13-14H,4-5,9-12H2,1-3H3,(H,22,27)(H,21,23,24). The second-order valence-corrected chi connectivity index (χ2v) is 6.98. The monoisotopic (exact) mass is 368 g/mol. The number of carbonyl (C=O) groups is 1. The predicted molar refractivity (Wildman–Crippen MR) is 110 cm³/mol. The van der Waals surface area contributed by atoms with Crippen molar-refractivity contribution in [1.29, 1.82) is 0 Å². The smallest absolute Gasteiger partial charge is 0.251 e. The van der Waals surface area contributed by atoms with E-state index in [9.17, 15) is 4.79 Å². The molecule has 144 valence electrons. The molecule has 0 saturated carbocycles. The second kappa shape index (κ2) is 8.70. The molecule has 27 heavy (non-hydrogen) atoms. The van der Waals surface area contributed by atoms with Crippen LogP contribution in [0.4, 0.5) is 17.3 Å². The SMILES string of the molecule is Cc1nc(NCCNC(=O)c2cccc(N(C)C)c2)cc(N2CCCC2)n1. The van der Waals surface area contributed by atoms with Gasteiger partial charge in [-0.15, -0.1) is 0 Å². The van der Waals surface area contributed by atoms with Gasteiger partial charge >= 0.3 is 0 Å². The van der Waals surface area contributed by atoms with Gasteiger partial charge in [0.25, 0.3) is 5.91 Å². The maximum atomic E-state index is 12.3. The van der Waals surface area contributed by atoms with E-state index in [-0.39, 0.29) is 5.91 Å². The number of carbonyl (C=O) groups excluding carboxylic acids is 1. The predicted octanol–water partition coefficient (Wildman–Crippen LogP) is 2.29. The molecule has 0 unspecified atom stereocenters. The Morgan fingerprint density at radius 3 is 2.67 bits per heavy atom. The summed E-state index contributed by atoms with van der Waals surface area (Å²) in [4.78, 5) is 25.6. The van der Waals surface area contributed by atoms with E-state index in [0.717, 1.165) is 36.2 Å². The normalized spacial score (nSPS) is 13.5. The van der Waals surface area contributed by atoms with Crippen molar-refractivity contribution in [2.45, 2.75) is 19.8 Å². The highest BCUT2D eigenvalue weighted by molar-refractivity contribution is 5.95. The summed E-state index contributed by atoms with van der Waals surface area (Å²) in [7, 11) is 3.92. The van der Waals surface area contributed by atoms with Gasteiger partial charge in [0.05, 0.1) is 0 Å². The number of rotatable bonds is 7. The Kier molecular flexibility index (Phi) is 6.11. The molecule has 1 aliphatic heterocycles. The van der Waals surface area contributed by atoms with Crippen molar-refractivity contribution in [1.82, 2.24) is 15.3 Å². The molecule has 1 fully saturated rings. The molecule has 1 aromatic heterocycles. The molecule has 0 aliphatic carbocycles. The third-order valence-electron chi connectivity index (χ3n) is 4.60. The van der Waals surface area contributed by atoms with Crippen LogP contribution in [0, 0.1) is 6.92 Å². The van der Waals surface area contributed by atoms with Crippen LogP contribution in [-0.4, -0.2) is 56.1 Å². The molecular weight excluding hydrogens is 340 g/mol. The number of aromatic nitrogens is 2. The largest absolute Gasteiger partial charge is 0.378 e. The fourth-order valence-corrected chi connectivity index (χ4v) is 3.14. The first kappa shape index (κ1) is 18.9. The van der Waals surface area contributed by atoms with Crippen LogP contribution >= 0.6 is 0 Å². The van der Waals surface area contributed by atoms with Crippen molar-refractivity contribution in [3.8, 4) is 0 Å². The van der Waals surface area contributed by atoms with Gasteiger partial charge in [-0.3, -0.25) is 4.79 Å². The van der Waals surface area contributed by atoms with Gasteiger partial charge in [0.15, 0.2) is 0 Å². The van der Waals surface area contributed by atoms with E-state index in [0.29, 0.717) is 18.7 Å². The number of nitrogens with one attached hydrogen (secondary N) is 2. The van der Waals surface area contributed by atoms with E-state index in [1.54, 1.807) is 0 Å². The van der Waals surface area contributed by atoms with Gasteiger partial charge in [0.2, 0.25) is 0 Å². The lowest BCUT2D eigenvalue weighted by molar-refractivity contribution is 0.0955. The van der Waals surface area contributed by atoms with Crippen molar-refractivity contribution in [2.24, 2.45) is 0 Å². The van der Waals surface area contributed by atoms with Crippen molar-refractivity contribution >= 4 is 23.2 Å². The van der Waals surface area contributed by atoms with Gasteiger partial charge in [0, 0.05) is 57.6 Å². The molecule has 1 amide bonds. The molecular formula is C20H28N6O. The topological polar surface area (TPSA) is 73.4 Å². The van der Waals surface area contributed by atoms with Crippen LogP contribution in [-0.2, 0) is 0 Å². The molecule has 7 heteroatoms. The molecule has 2 heterocycles. The zero-order valence-corrected chi connectivity index (χ0v) is 16.3. The minimum absolute atomic E-state index is 0.0721. The molecule has 1 aliphatic rings. The average Bonchev–Trinajstić information content (AvgIpc) is 3.19. The van der Waals surface area contributed by atoms with Crippen LogP contribution in [0.1, 0.15) is 29.0 Å². The molecule has 1 aromatic carbocycles. The Morgan fingerprint density at radius 1 is 1.15 bits per heavy atom. The third kappa shape index (κ3) is 5.09. The van der Waals surface area contributed by atoms with Crippen molar-refractivity contribution < 1.29 is 4.79 Å². The van der Waals surface area contributed by atoms with Crippen LogP contribution in [0.2, 0.25) is 0 Å². The number of aryl methyl sites for hydroxylation is 1. The summed E-state index contributed by atoms with van der Waals surface area (Å²) in [6, 6.07) is 9.57. The summed E-state index contributed by atoms with van der Waals surface area (Å²) in [5, 5.41) is 6.23. The number of amides is 1. The van der Waals surface area contributed by atoms with Gasteiger partial charge in [-0.1, -0.05) is 6.07 Å². The Labute approximate surface area is 160 Å². The first-order chi connectivity index (χ1) is 13.0. The minimum Gasteiger partial charge on any atom is -0.378 e. The van der Waals surface area contributed by atoms with Gasteiger partial charge in [-0.05, 0) is 38.0 Å². The first-order valence-corrected chi connectivity index (χ1v) is 9.43. The summed E-state index contributed by atoms with van der Waals surface area (Å²) < 4.78 is 0. The van der Waals surface area contributed by atoms with E-state index >= 15 is 0 Å². The Morgan fingerprint density at radius 2 is 1.93 bits per heavy atom. The minimum atomic E-state index is -0.0721. The Bertz CT molecular complexity index is 786. The van der Waals surface area contributed by atoms with Crippen molar-refractivity contribution in [3.63, 3.8) is 0 Å². The van der Waals surface area contributed by atoms with Crippen LogP contribution < -0.4 is 20.4 Å². The second-order valence-electron chi connectivity index (χ2n) is 6.98. The molecule has 0 bridgehead atoms. The Balaban J connectivity index is 1.51. The van der Waals surface area contributed by atoms with Gasteiger partial charge < -0.3 is 20.4 Å². The van der Waals surface area contributed by atoms with Crippen molar-refractivity contribution in [2.75, 3.05) is 55.4 Å². The lowest BCUT2D eigenvalue weighted by Crippen LogP contribution is -2.29. The maximum absolute atomic E-state index is 12.3. The quantitative estimate of drug-likeness (QED) is 0.731. The summed E-state index contributed by atoms with van der Waals surface area (Å²) in [6.45, 7) is 5.14. The first-order valence-electron chi connectivity index (χ1n) is 9.43. The van der Waals surface area contributed by atoms with Crippen LogP contribution in [0.5, 0.6) is 0 Å². The number of hydrogen-bond acceptors (Lipinski definition) is 6. The van der Waals surface area contributed by atoms with E-state index < -0.39 is 0 Å². The van der Waals surface area contributed by atoms with Crippen molar-refractivity contribution in [3.05, 3.63) is 41.7 Å². The highest BCUT2D eigenvalue weighted by Gasteiger charge is 2.15. The summed E-state index contributed by atoms with van der Waals surface area (Å²) in [5.41, 5.74) is 1.67. The molecule has 0 radical (unpaired) electrons. The molecule has 3 rings (SSSR count). The fourth-order valence-electron chi connectivity index (χ4n) is 3.14. The maximum Gasteiger partial charge on any atom is 0.251 e. The summed E-state index contributed by atoms with van der Waals surface area (Å²) in [5.74, 6) is 2.46. The van der Waals surface area contributed by atoms with Crippen LogP contribution in [0.25, 0.3) is 0 Å². The molecule has 0 atom stereocenters. The van der Waals surface area contributed by atoms with E-state index in [4.69, 9.17) is 0 Å². The number of benzene rings is 1. The lowest BCUT2D eigenvalue weighted by Gasteiger charge is -2.18. The molecule has 2 N–H and O–H groups in total. The van der Waals surface area contributed by atoms with Crippen LogP contribution in [0.15, 0.2) is 30.3 Å². The average molecular weight is 368 g/mol. The third-order valence-corrected chi connectivity index (χ3v) is 4.60. The summed E-state index contributed by atoms with van der Waals surface area (Å²) in [6.07, 6.45) is 2.43. The highest BCUT2D eigenvalue weighted by Crippen LogP contribution is 2.20. The number of nitrogens with zero attached hydrogens (tertiary/aromatic N) is 4. The molecule has 7 nitrogen and oxygen atoms in total. The Hall–Kier alpha value is -2.83. The van der Waals surface area contributed by atoms with Gasteiger partial charge in [-0.25, -0.2) is 9.97 Å². The summed E-state index contributed by atoms with van der Waals surface area (Å²) >= 11 is 0.